The first-order valence-electron chi connectivity index (χ1n) is 14.1. The zero-order chi connectivity index (χ0) is 27.2. The van der Waals surface area contributed by atoms with Gasteiger partial charge in [0.05, 0.1) is 23.6 Å². The van der Waals surface area contributed by atoms with Crippen LogP contribution < -0.4 is 15.0 Å². The molecule has 0 amide bonds. The van der Waals surface area contributed by atoms with E-state index < -0.39 is 6.43 Å². The fourth-order valence-corrected chi connectivity index (χ4v) is 6.19. The second-order valence-electron chi connectivity index (χ2n) is 10.7. The van der Waals surface area contributed by atoms with E-state index in [1.54, 1.807) is 12.3 Å². The maximum absolute atomic E-state index is 13.6. The molecule has 3 aliphatic rings. The van der Waals surface area contributed by atoms with E-state index in [1.807, 2.05) is 31.2 Å². The average Bonchev–Trinajstić information content (AvgIpc) is 3.54. The SMILES string of the molecule is C1CCNC1.CCOc1ncccc1-c1ccc2c(n1)CN(C)CC21CCN(c2ccccc2C(F)F)CC1. The van der Waals surface area contributed by atoms with Crippen LogP contribution in [0.15, 0.2) is 54.7 Å². The van der Waals surface area contributed by atoms with E-state index in [4.69, 9.17) is 9.72 Å². The van der Waals surface area contributed by atoms with Gasteiger partial charge in [0.1, 0.15) is 0 Å². The molecule has 3 aromatic rings. The van der Waals surface area contributed by atoms with Crippen molar-refractivity contribution in [2.45, 2.75) is 51.0 Å². The number of anilines is 1. The molecule has 0 unspecified atom stereocenters. The lowest BCUT2D eigenvalue weighted by Gasteiger charge is -2.48. The van der Waals surface area contributed by atoms with Gasteiger partial charge in [0.2, 0.25) is 5.88 Å². The first-order chi connectivity index (χ1) is 19.0. The molecule has 1 N–H and O–H groups in total. The molecule has 0 bridgehead atoms. The molecule has 39 heavy (non-hydrogen) atoms. The minimum absolute atomic E-state index is 0.0260. The van der Waals surface area contributed by atoms with Gasteiger partial charge < -0.3 is 15.0 Å². The number of hydrogen-bond donors (Lipinski definition) is 1. The molecule has 208 valence electrons. The predicted octanol–water partition coefficient (Wildman–Crippen LogP) is 5.83. The minimum Gasteiger partial charge on any atom is -0.477 e. The second-order valence-corrected chi connectivity index (χ2v) is 10.7. The highest BCUT2D eigenvalue weighted by atomic mass is 19.3. The lowest BCUT2D eigenvalue weighted by molar-refractivity contribution is 0.151. The zero-order valence-corrected chi connectivity index (χ0v) is 23.0. The molecule has 2 saturated heterocycles. The van der Waals surface area contributed by atoms with Crippen LogP contribution in [-0.2, 0) is 12.0 Å². The molecule has 0 atom stereocenters. The molecule has 6 rings (SSSR count). The van der Waals surface area contributed by atoms with Crippen molar-refractivity contribution >= 4 is 5.69 Å². The van der Waals surface area contributed by atoms with Crippen molar-refractivity contribution in [1.82, 2.24) is 20.2 Å². The maximum atomic E-state index is 13.6. The number of aromatic nitrogens is 2. The van der Waals surface area contributed by atoms with Crippen LogP contribution in [0.25, 0.3) is 11.3 Å². The Morgan fingerprint density at radius 1 is 1.03 bits per heavy atom. The molecule has 0 aliphatic carbocycles. The van der Waals surface area contributed by atoms with Crippen LogP contribution in [0.3, 0.4) is 0 Å². The molecule has 2 aromatic heterocycles. The molecule has 3 aliphatic heterocycles. The van der Waals surface area contributed by atoms with Gasteiger partial charge >= 0.3 is 0 Å². The van der Waals surface area contributed by atoms with E-state index >= 15 is 0 Å². The molecule has 6 nitrogen and oxygen atoms in total. The fraction of sp³-hybridized carbons (Fsp3) is 0.484. The number of rotatable bonds is 5. The van der Waals surface area contributed by atoms with E-state index in [0.717, 1.165) is 56.0 Å². The quantitative estimate of drug-likeness (QED) is 0.444. The molecule has 2 fully saturated rings. The third-order valence-electron chi connectivity index (χ3n) is 8.06. The summed E-state index contributed by atoms with van der Waals surface area (Å²) in [7, 11) is 2.13. The molecule has 1 spiro atoms. The highest BCUT2D eigenvalue weighted by molar-refractivity contribution is 5.65. The van der Waals surface area contributed by atoms with Crippen molar-refractivity contribution in [2.75, 3.05) is 51.3 Å². The molecule has 0 radical (unpaired) electrons. The molecular formula is C31H39F2N5O. The fourth-order valence-electron chi connectivity index (χ4n) is 6.19. The Kier molecular flexibility index (Phi) is 8.72. The number of ether oxygens (including phenoxy) is 1. The largest absolute Gasteiger partial charge is 0.477 e. The van der Waals surface area contributed by atoms with Gasteiger partial charge in [-0.3, -0.25) is 9.88 Å². The lowest BCUT2D eigenvalue weighted by Crippen LogP contribution is -2.51. The molecular weight excluding hydrogens is 496 g/mol. The number of para-hydroxylation sites is 1. The minimum atomic E-state index is -2.47. The number of likely N-dealkylation sites (N-methyl/N-ethyl adjacent to an activating group) is 1. The summed E-state index contributed by atoms with van der Waals surface area (Å²) in [6.07, 6.45) is 3.85. The van der Waals surface area contributed by atoms with Crippen molar-refractivity contribution in [3.05, 3.63) is 71.5 Å². The van der Waals surface area contributed by atoms with Gasteiger partial charge in [0, 0.05) is 49.0 Å². The third kappa shape index (κ3) is 6.07. The number of nitrogens with zero attached hydrogens (tertiary/aromatic N) is 4. The Labute approximate surface area is 230 Å². The van der Waals surface area contributed by atoms with Crippen molar-refractivity contribution < 1.29 is 13.5 Å². The van der Waals surface area contributed by atoms with E-state index in [9.17, 15) is 8.78 Å². The number of nitrogens with one attached hydrogen (secondary N) is 1. The smallest absolute Gasteiger partial charge is 0.265 e. The summed E-state index contributed by atoms with van der Waals surface area (Å²) < 4.78 is 32.9. The number of benzene rings is 1. The summed E-state index contributed by atoms with van der Waals surface area (Å²) in [5, 5.41) is 3.22. The van der Waals surface area contributed by atoms with Gasteiger partial charge in [-0.1, -0.05) is 24.3 Å². The van der Waals surface area contributed by atoms with Crippen molar-refractivity contribution in [1.29, 1.82) is 0 Å². The summed E-state index contributed by atoms with van der Waals surface area (Å²) in [6.45, 7) is 8.22. The average molecular weight is 536 g/mol. The highest BCUT2D eigenvalue weighted by Crippen LogP contribution is 2.43. The standard InChI is InChI=1S/C27H30F2N4O.C4H9N/c1-3-34-26-19(8-6-14-30-26)22-11-10-21-23(31-22)17-32(2)18-27(21)12-15-33(16-13-27)24-9-5-4-7-20(24)25(28)29;1-2-4-5-3-1/h4-11,14,25H,3,12-13,15-18H2,1-2H3;5H,1-4H2. The van der Waals surface area contributed by atoms with E-state index in [0.29, 0.717) is 18.2 Å². The van der Waals surface area contributed by atoms with E-state index in [-0.39, 0.29) is 11.0 Å². The van der Waals surface area contributed by atoms with Crippen molar-refractivity contribution in [3.8, 4) is 17.1 Å². The summed E-state index contributed by atoms with van der Waals surface area (Å²) in [5.41, 5.74) is 4.88. The van der Waals surface area contributed by atoms with Gasteiger partial charge in [-0.05, 0) is 82.6 Å². The van der Waals surface area contributed by atoms with Crippen LogP contribution >= 0.6 is 0 Å². The number of alkyl halides is 2. The number of pyridine rings is 2. The molecule has 0 saturated carbocycles. The Balaban J connectivity index is 0.000000555. The van der Waals surface area contributed by atoms with Gasteiger partial charge in [-0.2, -0.15) is 0 Å². The van der Waals surface area contributed by atoms with E-state index in [1.165, 1.54) is 37.6 Å². The monoisotopic (exact) mass is 535 g/mol. The summed E-state index contributed by atoms with van der Waals surface area (Å²) in [4.78, 5) is 13.9. The maximum Gasteiger partial charge on any atom is 0.265 e. The molecule has 1 aromatic carbocycles. The second kappa shape index (κ2) is 12.4. The Morgan fingerprint density at radius 2 is 1.79 bits per heavy atom. The third-order valence-corrected chi connectivity index (χ3v) is 8.06. The first-order valence-corrected chi connectivity index (χ1v) is 14.1. The van der Waals surface area contributed by atoms with Gasteiger partial charge in [0.25, 0.3) is 6.43 Å². The number of fused-ring (bicyclic) bond motifs is 2. The highest BCUT2D eigenvalue weighted by Gasteiger charge is 2.42. The van der Waals surface area contributed by atoms with Gasteiger partial charge in [0.15, 0.2) is 0 Å². The normalized spacial score (nSPS) is 18.5. The summed E-state index contributed by atoms with van der Waals surface area (Å²) in [6, 6.07) is 15.1. The lowest BCUT2D eigenvalue weighted by atomic mass is 9.69. The predicted molar refractivity (Wildman–Crippen MR) is 152 cm³/mol. The van der Waals surface area contributed by atoms with Crippen LogP contribution in [0.5, 0.6) is 5.88 Å². The topological polar surface area (TPSA) is 53.5 Å². The zero-order valence-electron chi connectivity index (χ0n) is 23.0. The summed E-state index contributed by atoms with van der Waals surface area (Å²) in [5.74, 6) is 0.599. The summed E-state index contributed by atoms with van der Waals surface area (Å²) >= 11 is 0. The Morgan fingerprint density at radius 3 is 2.49 bits per heavy atom. The molecule has 5 heterocycles. The number of piperidine rings is 1. The first kappa shape index (κ1) is 27.5. The molecule has 8 heteroatoms. The van der Waals surface area contributed by atoms with Crippen LogP contribution in [0.4, 0.5) is 14.5 Å². The van der Waals surface area contributed by atoms with Gasteiger partial charge in [-0.25, -0.2) is 13.8 Å². The Bertz CT molecular complexity index is 1230. The van der Waals surface area contributed by atoms with Crippen LogP contribution in [0.1, 0.15) is 55.9 Å². The van der Waals surface area contributed by atoms with Crippen molar-refractivity contribution in [2.24, 2.45) is 0 Å². The van der Waals surface area contributed by atoms with Gasteiger partial charge in [-0.15, -0.1) is 0 Å². The van der Waals surface area contributed by atoms with E-state index in [2.05, 4.69) is 39.3 Å². The van der Waals surface area contributed by atoms with Crippen LogP contribution in [0, 0.1) is 0 Å². The van der Waals surface area contributed by atoms with Crippen LogP contribution in [-0.4, -0.2) is 61.2 Å². The number of halogens is 2. The van der Waals surface area contributed by atoms with Crippen LogP contribution in [0.2, 0.25) is 0 Å². The number of hydrogen-bond acceptors (Lipinski definition) is 6. The Hall–Kier alpha value is -3.10. The van der Waals surface area contributed by atoms with Crippen molar-refractivity contribution in [3.63, 3.8) is 0 Å².